The Morgan fingerprint density at radius 3 is 2.47 bits per heavy atom. The Kier molecular flexibility index (Phi) is 3.34. The molecule has 0 radical (unpaired) electrons. The Labute approximate surface area is 119 Å². The van der Waals surface area contributed by atoms with E-state index in [2.05, 4.69) is 55.3 Å². The van der Waals surface area contributed by atoms with Gasteiger partial charge in [-0.15, -0.1) is 0 Å². The molecule has 1 heterocycles. The molecule has 98 valence electrons. The van der Waals surface area contributed by atoms with E-state index in [1.807, 2.05) is 12.1 Å². The van der Waals surface area contributed by atoms with E-state index in [1.54, 1.807) is 0 Å². The molecule has 3 rings (SSSR count). The van der Waals surface area contributed by atoms with Crippen LogP contribution in [0.4, 0.5) is 0 Å². The molecule has 0 spiro atoms. The highest BCUT2D eigenvalue weighted by atomic mass is 35.5. The Hall–Kier alpha value is -1.31. The van der Waals surface area contributed by atoms with Gasteiger partial charge in [0.2, 0.25) is 0 Å². The summed E-state index contributed by atoms with van der Waals surface area (Å²) in [4.78, 5) is 2.42. The summed E-state index contributed by atoms with van der Waals surface area (Å²) in [7, 11) is 2.20. The number of hydrogen-bond acceptors (Lipinski definition) is 1. The van der Waals surface area contributed by atoms with Gasteiger partial charge in [-0.2, -0.15) is 0 Å². The molecule has 1 aliphatic heterocycles. The zero-order valence-corrected chi connectivity index (χ0v) is 12.1. The largest absolute Gasteiger partial charge is 0.298 e. The Bertz CT molecular complexity index is 576. The summed E-state index contributed by atoms with van der Waals surface area (Å²) in [6, 6.07) is 17.5. The molecule has 0 bridgehead atoms. The van der Waals surface area contributed by atoms with Crippen LogP contribution < -0.4 is 0 Å². The second-order valence-corrected chi connectivity index (χ2v) is 5.82. The fourth-order valence-corrected chi connectivity index (χ4v) is 3.16. The molecule has 2 heteroatoms. The maximum absolute atomic E-state index is 6.01. The molecule has 0 saturated carbocycles. The first kappa shape index (κ1) is 12.7. The molecule has 0 aromatic heterocycles. The summed E-state index contributed by atoms with van der Waals surface area (Å²) in [6.45, 7) is 3.33. The lowest BCUT2D eigenvalue weighted by Crippen LogP contribution is -2.39. The van der Waals surface area contributed by atoms with Gasteiger partial charge in [-0.3, -0.25) is 4.90 Å². The van der Waals surface area contributed by atoms with Gasteiger partial charge in [-0.25, -0.2) is 0 Å². The second-order valence-electron chi connectivity index (χ2n) is 5.38. The predicted octanol–water partition coefficient (Wildman–Crippen LogP) is 4.31. The van der Waals surface area contributed by atoms with E-state index in [9.17, 15) is 0 Å². The van der Waals surface area contributed by atoms with Crippen LogP contribution >= 0.6 is 11.6 Å². The van der Waals surface area contributed by atoms with E-state index in [0.717, 1.165) is 11.6 Å². The molecule has 0 fully saturated rings. The van der Waals surface area contributed by atoms with Crippen LogP contribution in [0.2, 0.25) is 5.02 Å². The van der Waals surface area contributed by atoms with Gasteiger partial charge in [0.1, 0.15) is 0 Å². The summed E-state index contributed by atoms with van der Waals surface area (Å²) >= 11 is 6.01. The first-order valence-corrected chi connectivity index (χ1v) is 7.08. The molecule has 1 nitrogen and oxygen atoms in total. The highest BCUT2D eigenvalue weighted by Gasteiger charge is 2.30. The van der Waals surface area contributed by atoms with E-state index in [-0.39, 0.29) is 0 Å². The van der Waals surface area contributed by atoms with Crippen molar-refractivity contribution in [3.63, 3.8) is 0 Å². The van der Waals surface area contributed by atoms with E-state index in [0.29, 0.717) is 12.0 Å². The zero-order valence-electron chi connectivity index (χ0n) is 11.3. The minimum atomic E-state index is 0.423. The van der Waals surface area contributed by atoms with Gasteiger partial charge in [-0.1, -0.05) is 48.0 Å². The number of likely N-dealkylation sites (N-methyl/N-ethyl adjacent to an activating group) is 1. The number of rotatable bonds is 1. The predicted molar refractivity (Wildman–Crippen MR) is 80.7 cm³/mol. The SMILES string of the molecule is C[C@H]1[C@H](c2ccc(Cl)cc2)c2ccccc2CN1C. The summed E-state index contributed by atoms with van der Waals surface area (Å²) in [5.41, 5.74) is 4.23. The highest BCUT2D eigenvalue weighted by molar-refractivity contribution is 6.30. The topological polar surface area (TPSA) is 3.24 Å². The van der Waals surface area contributed by atoms with Gasteiger partial charge in [0, 0.05) is 23.5 Å². The number of benzene rings is 2. The molecule has 2 atom stereocenters. The second kappa shape index (κ2) is 4.99. The molecule has 2 aromatic carbocycles. The summed E-state index contributed by atoms with van der Waals surface area (Å²) in [5, 5.41) is 0.800. The molecule has 2 aromatic rings. The third-order valence-electron chi connectivity index (χ3n) is 4.22. The Balaban J connectivity index is 2.10. The zero-order chi connectivity index (χ0) is 13.4. The van der Waals surface area contributed by atoms with E-state index in [4.69, 9.17) is 11.6 Å². The van der Waals surface area contributed by atoms with Crippen molar-refractivity contribution in [3.05, 3.63) is 70.2 Å². The third-order valence-corrected chi connectivity index (χ3v) is 4.47. The Morgan fingerprint density at radius 1 is 1.05 bits per heavy atom. The summed E-state index contributed by atoms with van der Waals surface area (Å²) in [6.07, 6.45) is 0. The van der Waals surface area contributed by atoms with Gasteiger partial charge < -0.3 is 0 Å². The van der Waals surface area contributed by atoms with Crippen molar-refractivity contribution in [3.8, 4) is 0 Å². The lowest BCUT2D eigenvalue weighted by molar-refractivity contribution is 0.212. The van der Waals surface area contributed by atoms with Crippen LogP contribution in [0, 0.1) is 0 Å². The van der Waals surface area contributed by atoms with Crippen molar-refractivity contribution < 1.29 is 0 Å². The number of nitrogens with zero attached hydrogens (tertiary/aromatic N) is 1. The molecule has 0 N–H and O–H groups in total. The first-order valence-electron chi connectivity index (χ1n) is 6.70. The summed E-state index contributed by atoms with van der Waals surface area (Å²) in [5.74, 6) is 0.423. The molecule has 19 heavy (non-hydrogen) atoms. The quantitative estimate of drug-likeness (QED) is 0.747. The smallest absolute Gasteiger partial charge is 0.0406 e. The summed E-state index contributed by atoms with van der Waals surface area (Å²) < 4.78 is 0. The van der Waals surface area contributed by atoms with Gasteiger partial charge >= 0.3 is 0 Å². The lowest BCUT2D eigenvalue weighted by atomic mass is 9.80. The standard InChI is InChI=1S/C17H18ClN/c1-12-17(13-7-9-15(18)10-8-13)16-6-4-3-5-14(16)11-19(12)2/h3-10,12,17H,11H2,1-2H3/t12-,17+/m0/s1. The van der Waals surface area contributed by atoms with Crippen LogP contribution in [0.15, 0.2) is 48.5 Å². The molecular weight excluding hydrogens is 254 g/mol. The van der Waals surface area contributed by atoms with E-state index >= 15 is 0 Å². The normalized spacial score (nSPS) is 23.1. The van der Waals surface area contributed by atoms with E-state index in [1.165, 1.54) is 16.7 Å². The first-order chi connectivity index (χ1) is 9.16. The minimum Gasteiger partial charge on any atom is -0.298 e. The highest BCUT2D eigenvalue weighted by Crippen LogP contribution is 2.37. The van der Waals surface area contributed by atoms with Gasteiger partial charge in [0.05, 0.1) is 0 Å². The molecule has 0 aliphatic carbocycles. The molecule has 0 amide bonds. The third kappa shape index (κ3) is 2.29. The van der Waals surface area contributed by atoms with Gasteiger partial charge in [0.15, 0.2) is 0 Å². The monoisotopic (exact) mass is 271 g/mol. The number of hydrogen-bond donors (Lipinski definition) is 0. The van der Waals surface area contributed by atoms with Gasteiger partial charge in [0.25, 0.3) is 0 Å². The van der Waals surface area contributed by atoms with Crippen molar-refractivity contribution in [1.29, 1.82) is 0 Å². The fraction of sp³-hybridized carbons (Fsp3) is 0.294. The van der Waals surface area contributed by atoms with Crippen LogP contribution in [0.3, 0.4) is 0 Å². The van der Waals surface area contributed by atoms with Crippen molar-refractivity contribution in [1.82, 2.24) is 4.90 Å². The van der Waals surface area contributed by atoms with Gasteiger partial charge in [-0.05, 0) is 42.8 Å². The Morgan fingerprint density at radius 2 is 1.74 bits per heavy atom. The maximum atomic E-state index is 6.01. The van der Waals surface area contributed by atoms with Crippen LogP contribution in [0.1, 0.15) is 29.5 Å². The molecular formula is C17H18ClN. The van der Waals surface area contributed by atoms with Crippen LogP contribution in [0.25, 0.3) is 0 Å². The average Bonchev–Trinajstić information content (AvgIpc) is 2.42. The maximum Gasteiger partial charge on any atom is 0.0406 e. The van der Waals surface area contributed by atoms with Crippen LogP contribution in [0.5, 0.6) is 0 Å². The molecule has 1 aliphatic rings. The minimum absolute atomic E-state index is 0.423. The number of halogens is 1. The van der Waals surface area contributed by atoms with Crippen LogP contribution in [-0.4, -0.2) is 18.0 Å². The van der Waals surface area contributed by atoms with Crippen molar-refractivity contribution >= 4 is 11.6 Å². The molecule has 0 unspecified atom stereocenters. The lowest BCUT2D eigenvalue weighted by Gasteiger charge is -2.39. The van der Waals surface area contributed by atoms with Crippen molar-refractivity contribution in [2.45, 2.75) is 25.4 Å². The van der Waals surface area contributed by atoms with Crippen molar-refractivity contribution in [2.75, 3.05) is 7.05 Å². The van der Waals surface area contributed by atoms with Crippen molar-refractivity contribution in [2.24, 2.45) is 0 Å². The van der Waals surface area contributed by atoms with E-state index < -0.39 is 0 Å². The molecule has 0 saturated heterocycles. The average molecular weight is 272 g/mol. The number of fused-ring (bicyclic) bond motifs is 1. The van der Waals surface area contributed by atoms with Crippen LogP contribution in [-0.2, 0) is 6.54 Å². The fourth-order valence-electron chi connectivity index (χ4n) is 3.04.